The minimum absolute atomic E-state index is 0.228. The van der Waals surface area contributed by atoms with Gasteiger partial charge in [0, 0.05) is 6.04 Å². The quantitative estimate of drug-likeness (QED) is 0.826. The van der Waals surface area contributed by atoms with Gasteiger partial charge < -0.3 is 10.5 Å². The van der Waals surface area contributed by atoms with Crippen molar-refractivity contribution in [1.82, 2.24) is 0 Å². The van der Waals surface area contributed by atoms with Crippen molar-refractivity contribution in [3.05, 3.63) is 35.9 Å². The Kier molecular flexibility index (Phi) is 4.37. The molecule has 0 aromatic heterocycles. The number of benzene rings is 1. The average molecular weight is 219 g/mol. The van der Waals surface area contributed by atoms with Crippen LogP contribution < -0.4 is 5.73 Å². The fourth-order valence-corrected chi connectivity index (χ4v) is 2.41. The highest BCUT2D eigenvalue weighted by Crippen LogP contribution is 2.26. The van der Waals surface area contributed by atoms with Crippen LogP contribution in [-0.2, 0) is 11.3 Å². The number of hydrogen-bond donors (Lipinski definition) is 1. The van der Waals surface area contributed by atoms with Gasteiger partial charge in [-0.1, -0.05) is 43.2 Å². The van der Waals surface area contributed by atoms with Gasteiger partial charge in [0.15, 0.2) is 0 Å². The van der Waals surface area contributed by atoms with Gasteiger partial charge in [0.05, 0.1) is 13.2 Å². The van der Waals surface area contributed by atoms with E-state index in [-0.39, 0.29) is 6.04 Å². The molecule has 16 heavy (non-hydrogen) atoms. The largest absolute Gasteiger partial charge is 0.375 e. The molecular formula is C14H21NO. The Balaban J connectivity index is 1.67. The van der Waals surface area contributed by atoms with Gasteiger partial charge in [0.25, 0.3) is 0 Å². The highest BCUT2D eigenvalue weighted by molar-refractivity contribution is 5.13. The number of nitrogens with two attached hydrogens (primary N) is 1. The molecule has 1 aliphatic rings. The van der Waals surface area contributed by atoms with Crippen molar-refractivity contribution in [2.24, 2.45) is 11.7 Å². The van der Waals surface area contributed by atoms with Crippen LogP contribution in [0, 0.1) is 5.92 Å². The smallest absolute Gasteiger partial charge is 0.0717 e. The van der Waals surface area contributed by atoms with Crippen LogP contribution in [0.1, 0.15) is 31.2 Å². The lowest BCUT2D eigenvalue weighted by Crippen LogP contribution is -2.33. The highest BCUT2D eigenvalue weighted by atomic mass is 16.5. The molecule has 2 N–H and O–H groups in total. The lowest BCUT2D eigenvalue weighted by Gasteiger charge is -2.18. The molecule has 1 unspecified atom stereocenters. The first-order valence-electron chi connectivity index (χ1n) is 6.23. The molecule has 0 saturated heterocycles. The zero-order valence-electron chi connectivity index (χ0n) is 9.77. The molecule has 0 spiro atoms. The number of rotatable bonds is 5. The fraction of sp³-hybridized carbons (Fsp3) is 0.571. The standard InChI is InChI=1S/C14H21NO/c15-14(13-8-4-5-9-13)11-16-10-12-6-2-1-3-7-12/h1-3,6-7,13-14H,4-5,8-11,15H2. The van der Waals surface area contributed by atoms with Crippen LogP contribution in [0.3, 0.4) is 0 Å². The van der Waals surface area contributed by atoms with E-state index in [0.29, 0.717) is 19.1 Å². The van der Waals surface area contributed by atoms with Crippen molar-refractivity contribution in [2.45, 2.75) is 38.3 Å². The van der Waals surface area contributed by atoms with Crippen molar-refractivity contribution < 1.29 is 4.74 Å². The second-order valence-electron chi connectivity index (χ2n) is 4.71. The summed E-state index contributed by atoms with van der Waals surface area (Å²) in [6.07, 6.45) is 5.26. The summed E-state index contributed by atoms with van der Waals surface area (Å²) in [6, 6.07) is 10.5. The van der Waals surface area contributed by atoms with E-state index in [2.05, 4.69) is 12.1 Å². The SMILES string of the molecule is NC(COCc1ccccc1)C1CCCC1. The molecular weight excluding hydrogens is 198 g/mol. The third kappa shape index (κ3) is 3.32. The molecule has 0 amide bonds. The zero-order valence-corrected chi connectivity index (χ0v) is 9.77. The summed E-state index contributed by atoms with van der Waals surface area (Å²) in [5, 5.41) is 0. The van der Waals surface area contributed by atoms with E-state index in [4.69, 9.17) is 10.5 Å². The molecule has 0 bridgehead atoms. The van der Waals surface area contributed by atoms with E-state index in [1.54, 1.807) is 0 Å². The van der Waals surface area contributed by atoms with Crippen LogP contribution in [-0.4, -0.2) is 12.6 Å². The Labute approximate surface area is 97.8 Å². The van der Waals surface area contributed by atoms with Gasteiger partial charge in [0.2, 0.25) is 0 Å². The fourth-order valence-electron chi connectivity index (χ4n) is 2.41. The van der Waals surface area contributed by atoms with Crippen LogP contribution in [0.5, 0.6) is 0 Å². The number of ether oxygens (including phenoxy) is 1. The zero-order chi connectivity index (χ0) is 11.2. The van der Waals surface area contributed by atoms with Gasteiger partial charge in [0.1, 0.15) is 0 Å². The Morgan fingerprint density at radius 1 is 1.19 bits per heavy atom. The Hall–Kier alpha value is -0.860. The Bertz CT molecular complexity index is 293. The average Bonchev–Trinajstić information content (AvgIpc) is 2.84. The molecule has 1 aromatic rings. The molecule has 2 nitrogen and oxygen atoms in total. The molecule has 88 valence electrons. The van der Waals surface area contributed by atoms with Crippen molar-refractivity contribution in [3.8, 4) is 0 Å². The molecule has 2 heteroatoms. The molecule has 0 radical (unpaired) electrons. The van der Waals surface area contributed by atoms with E-state index >= 15 is 0 Å². The maximum Gasteiger partial charge on any atom is 0.0717 e. The lowest BCUT2D eigenvalue weighted by atomic mass is 10.00. The van der Waals surface area contributed by atoms with E-state index in [9.17, 15) is 0 Å². The van der Waals surface area contributed by atoms with Gasteiger partial charge >= 0.3 is 0 Å². The van der Waals surface area contributed by atoms with Crippen molar-refractivity contribution in [2.75, 3.05) is 6.61 Å². The second-order valence-corrected chi connectivity index (χ2v) is 4.71. The molecule has 1 atom stereocenters. The monoisotopic (exact) mass is 219 g/mol. The molecule has 2 rings (SSSR count). The van der Waals surface area contributed by atoms with Gasteiger partial charge in [-0.05, 0) is 24.3 Å². The van der Waals surface area contributed by atoms with Crippen LogP contribution in [0.4, 0.5) is 0 Å². The summed E-state index contributed by atoms with van der Waals surface area (Å²) in [5.74, 6) is 0.691. The molecule has 1 fully saturated rings. The summed E-state index contributed by atoms with van der Waals surface area (Å²) < 4.78 is 5.67. The van der Waals surface area contributed by atoms with Crippen molar-refractivity contribution in [3.63, 3.8) is 0 Å². The molecule has 0 aliphatic heterocycles. The first-order valence-corrected chi connectivity index (χ1v) is 6.23. The summed E-state index contributed by atoms with van der Waals surface area (Å²) in [6.45, 7) is 1.38. The van der Waals surface area contributed by atoms with E-state index < -0.39 is 0 Å². The predicted octanol–water partition coefficient (Wildman–Crippen LogP) is 2.72. The normalized spacial score (nSPS) is 18.8. The van der Waals surface area contributed by atoms with Crippen LogP contribution in [0.2, 0.25) is 0 Å². The lowest BCUT2D eigenvalue weighted by molar-refractivity contribution is 0.0937. The van der Waals surface area contributed by atoms with Gasteiger partial charge in [-0.3, -0.25) is 0 Å². The highest BCUT2D eigenvalue weighted by Gasteiger charge is 2.21. The maximum absolute atomic E-state index is 6.12. The Morgan fingerprint density at radius 2 is 1.88 bits per heavy atom. The maximum atomic E-state index is 6.12. The first kappa shape index (κ1) is 11.6. The summed E-state index contributed by atoms with van der Waals surface area (Å²) in [7, 11) is 0. The molecule has 1 aromatic carbocycles. The summed E-state index contributed by atoms with van der Waals surface area (Å²) in [4.78, 5) is 0. The van der Waals surface area contributed by atoms with E-state index in [1.807, 2.05) is 18.2 Å². The third-order valence-electron chi connectivity index (χ3n) is 3.43. The minimum Gasteiger partial charge on any atom is -0.375 e. The topological polar surface area (TPSA) is 35.2 Å². The van der Waals surface area contributed by atoms with Crippen LogP contribution >= 0.6 is 0 Å². The van der Waals surface area contributed by atoms with Gasteiger partial charge in [-0.15, -0.1) is 0 Å². The summed E-state index contributed by atoms with van der Waals surface area (Å²) >= 11 is 0. The molecule has 1 aliphatic carbocycles. The number of hydrogen-bond acceptors (Lipinski definition) is 2. The van der Waals surface area contributed by atoms with Gasteiger partial charge in [-0.25, -0.2) is 0 Å². The minimum atomic E-state index is 0.228. The van der Waals surface area contributed by atoms with Gasteiger partial charge in [-0.2, -0.15) is 0 Å². The van der Waals surface area contributed by atoms with E-state index in [1.165, 1.54) is 31.2 Å². The second kappa shape index (κ2) is 6.02. The van der Waals surface area contributed by atoms with Crippen LogP contribution in [0.15, 0.2) is 30.3 Å². The predicted molar refractivity (Wildman–Crippen MR) is 66.0 cm³/mol. The molecule has 0 heterocycles. The Morgan fingerprint density at radius 3 is 2.56 bits per heavy atom. The molecule has 1 saturated carbocycles. The van der Waals surface area contributed by atoms with E-state index in [0.717, 1.165) is 0 Å². The van der Waals surface area contributed by atoms with Crippen molar-refractivity contribution in [1.29, 1.82) is 0 Å². The summed E-state index contributed by atoms with van der Waals surface area (Å²) in [5.41, 5.74) is 7.34. The van der Waals surface area contributed by atoms with Crippen LogP contribution in [0.25, 0.3) is 0 Å². The van der Waals surface area contributed by atoms with Crippen molar-refractivity contribution >= 4 is 0 Å². The first-order chi connectivity index (χ1) is 7.86. The third-order valence-corrected chi connectivity index (χ3v) is 3.43.